The van der Waals surface area contributed by atoms with E-state index in [0.29, 0.717) is 23.8 Å². The number of H-pyrrole nitrogens is 1. The van der Waals surface area contributed by atoms with Crippen molar-refractivity contribution in [3.05, 3.63) is 64.5 Å². The van der Waals surface area contributed by atoms with Crippen molar-refractivity contribution in [2.45, 2.75) is 57.7 Å². The lowest BCUT2D eigenvalue weighted by Crippen LogP contribution is -2.45. The molecule has 6 rings (SSSR count). The lowest BCUT2D eigenvalue weighted by molar-refractivity contribution is -0.124. The fourth-order valence-corrected chi connectivity index (χ4v) is 5.48. The lowest BCUT2D eigenvalue weighted by atomic mass is 10.0. The van der Waals surface area contributed by atoms with Gasteiger partial charge in [-0.3, -0.25) is 10.00 Å². The van der Waals surface area contributed by atoms with Gasteiger partial charge < -0.3 is 19.9 Å². The highest BCUT2D eigenvalue weighted by molar-refractivity contribution is 5.86. The Labute approximate surface area is 228 Å². The number of halogens is 3. The summed E-state index contributed by atoms with van der Waals surface area (Å²) < 4.78 is 45.7. The first-order chi connectivity index (χ1) is 19.3. The number of benzene rings is 1. The van der Waals surface area contributed by atoms with Gasteiger partial charge in [-0.25, -0.2) is 9.98 Å². The molecule has 1 unspecified atom stereocenters. The molecule has 3 aliphatic heterocycles. The molecule has 1 aromatic carbocycles. The first-order valence-electron chi connectivity index (χ1n) is 13.1. The number of likely N-dealkylation sites (tertiary alicyclic amines) is 1. The van der Waals surface area contributed by atoms with Crippen molar-refractivity contribution in [3.63, 3.8) is 0 Å². The van der Waals surface area contributed by atoms with Crippen LogP contribution in [-0.2, 0) is 17.8 Å². The maximum absolute atomic E-state index is 12.8. The number of rotatable bonds is 7. The van der Waals surface area contributed by atoms with Crippen molar-refractivity contribution in [3.8, 4) is 6.07 Å². The molecule has 1 fully saturated rings. The van der Waals surface area contributed by atoms with Crippen LogP contribution in [0.1, 0.15) is 41.6 Å². The molecule has 0 aliphatic carbocycles. The third kappa shape index (κ3) is 5.27. The fraction of sp³-hybridized carbons (Fsp3) is 0.407. The number of hydrogen-bond acceptors (Lipinski definition) is 8. The number of aromatic amines is 1. The molecule has 0 spiro atoms. The van der Waals surface area contributed by atoms with Gasteiger partial charge in [0.25, 0.3) is 0 Å². The molecule has 13 heteroatoms. The minimum atomic E-state index is -4.39. The lowest BCUT2D eigenvalue weighted by Gasteiger charge is -2.34. The summed E-state index contributed by atoms with van der Waals surface area (Å²) in [6, 6.07) is 8.65. The van der Waals surface area contributed by atoms with Gasteiger partial charge in [0, 0.05) is 48.3 Å². The maximum atomic E-state index is 12.8. The van der Waals surface area contributed by atoms with Crippen LogP contribution in [-0.4, -0.2) is 63.4 Å². The van der Waals surface area contributed by atoms with Crippen LogP contribution in [0.3, 0.4) is 0 Å². The number of nitrogens with one attached hydrogen (secondary N) is 3. The number of alkyl halides is 3. The summed E-state index contributed by atoms with van der Waals surface area (Å²) in [6.45, 7) is 5.19. The Kier molecular flexibility index (Phi) is 6.71. The highest BCUT2D eigenvalue weighted by Crippen LogP contribution is 2.30. The molecule has 5 heterocycles. The van der Waals surface area contributed by atoms with Crippen LogP contribution in [0.2, 0.25) is 0 Å². The van der Waals surface area contributed by atoms with Crippen molar-refractivity contribution in [1.29, 1.82) is 5.26 Å². The van der Waals surface area contributed by atoms with Gasteiger partial charge in [-0.1, -0.05) is 6.07 Å². The molecular formula is C27H28F3N9O. The van der Waals surface area contributed by atoms with Gasteiger partial charge in [-0.15, -0.1) is 0 Å². The van der Waals surface area contributed by atoms with Crippen LogP contribution >= 0.6 is 0 Å². The van der Waals surface area contributed by atoms with E-state index in [-0.39, 0.29) is 11.9 Å². The zero-order valence-electron chi connectivity index (χ0n) is 21.8. The number of fused-ring (bicyclic) bond motifs is 2. The number of aryl methyl sites for hydroxylation is 1. The first kappa shape index (κ1) is 25.9. The molecule has 1 saturated heterocycles. The number of nitrogens with zero attached hydrogens (tertiary/aromatic N) is 6. The molecule has 0 radical (unpaired) electrons. The molecule has 3 N–H and O–H groups in total. The average molecular weight is 552 g/mol. The van der Waals surface area contributed by atoms with Crippen molar-refractivity contribution in [2.75, 3.05) is 13.1 Å². The Morgan fingerprint density at radius 2 is 2.05 bits per heavy atom. The van der Waals surface area contributed by atoms with Crippen molar-refractivity contribution in [2.24, 2.45) is 9.98 Å². The largest absolute Gasteiger partial charge is 0.449 e. The van der Waals surface area contributed by atoms with E-state index in [0.717, 1.165) is 54.5 Å². The minimum Gasteiger partial charge on any atom is -0.449 e. The van der Waals surface area contributed by atoms with Crippen molar-refractivity contribution >= 4 is 23.1 Å². The molecule has 3 aromatic rings. The van der Waals surface area contributed by atoms with Crippen LogP contribution in [0.5, 0.6) is 0 Å². The number of aliphatic imine (C=N–C) groups is 2. The second-order valence-electron chi connectivity index (χ2n) is 10.3. The Morgan fingerprint density at radius 1 is 1.23 bits per heavy atom. The molecule has 208 valence electrons. The summed E-state index contributed by atoms with van der Waals surface area (Å²) in [7, 11) is 0. The molecule has 3 aliphatic rings. The third-order valence-electron chi connectivity index (χ3n) is 7.56. The summed E-state index contributed by atoms with van der Waals surface area (Å²) in [5.41, 5.74) is 5.38. The molecule has 0 amide bonds. The standard InChI is InChI=1S/C27H28F3N9O/c1-16-18(2-3-22-21(16)8-20(10-31)39(22)13-17-11-34-35-12-17)14-38-6-4-19(5-7-38)36-25-24-26(33-15-32-25)40-23(37-24)9-27(28,29)30/h2-3,8,11-12,15,19,26,36H,4-7,9,13-14H2,1H3,(H,32,33)(H,34,35). The number of hydrogen-bond donors (Lipinski definition) is 3. The highest BCUT2D eigenvalue weighted by Gasteiger charge is 2.38. The summed E-state index contributed by atoms with van der Waals surface area (Å²) in [5.74, 6) is 0.179. The average Bonchev–Trinajstić information content (AvgIpc) is 3.66. The Hall–Kier alpha value is -4.31. The highest BCUT2D eigenvalue weighted by atomic mass is 19.4. The zero-order chi connectivity index (χ0) is 27.9. The van der Waals surface area contributed by atoms with Crippen LogP contribution < -0.4 is 10.6 Å². The quantitative estimate of drug-likeness (QED) is 0.413. The predicted octanol–water partition coefficient (Wildman–Crippen LogP) is 3.65. The Balaban J connectivity index is 1.10. The Bertz CT molecular complexity index is 1540. The zero-order valence-corrected chi connectivity index (χ0v) is 21.8. The summed E-state index contributed by atoms with van der Waals surface area (Å²) in [4.78, 5) is 10.5. The maximum Gasteiger partial charge on any atom is 0.397 e. The third-order valence-corrected chi connectivity index (χ3v) is 7.56. The number of piperidine rings is 1. The number of ether oxygens (including phenoxy) is 1. The smallest absolute Gasteiger partial charge is 0.397 e. The second-order valence-corrected chi connectivity index (χ2v) is 10.3. The topological polar surface area (TPSA) is 119 Å². The number of nitriles is 1. The SMILES string of the molecule is Cc1c(CN2CCC(NC3=C4N=C(CC(F)(F)F)OC4N=CN3)CC2)ccc2c1cc(C#N)n2Cc1cn[nH]c1. The van der Waals surface area contributed by atoms with E-state index in [1.54, 1.807) is 6.20 Å². The number of aromatic nitrogens is 3. The Morgan fingerprint density at radius 3 is 2.77 bits per heavy atom. The van der Waals surface area contributed by atoms with Gasteiger partial charge in [-0.2, -0.15) is 23.5 Å². The van der Waals surface area contributed by atoms with Gasteiger partial charge >= 0.3 is 6.18 Å². The van der Waals surface area contributed by atoms with Gasteiger partial charge in [0.15, 0.2) is 0 Å². The van der Waals surface area contributed by atoms with Crippen LogP contribution in [0.25, 0.3) is 10.9 Å². The van der Waals surface area contributed by atoms with Gasteiger partial charge in [0.1, 0.15) is 29.7 Å². The molecule has 0 bridgehead atoms. The van der Waals surface area contributed by atoms with E-state index in [4.69, 9.17) is 4.74 Å². The first-order valence-corrected chi connectivity index (χ1v) is 13.1. The van der Waals surface area contributed by atoms with Crippen LogP contribution in [0, 0.1) is 18.3 Å². The molecular weight excluding hydrogens is 523 g/mol. The van der Waals surface area contributed by atoms with E-state index in [9.17, 15) is 18.4 Å². The van der Waals surface area contributed by atoms with E-state index >= 15 is 0 Å². The van der Waals surface area contributed by atoms with Crippen molar-refractivity contribution in [1.82, 2.24) is 30.3 Å². The van der Waals surface area contributed by atoms with Crippen LogP contribution in [0.4, 0.5) is 13.2 Å². The van der Waals surface area contributed by atoms with Gasteiger partial charge in [-0.05, 0) is 43.0 Å². The summed E-state index contributed by atoms with van der Waals surface area (Å²) in [6.07, 6.45) is 0.288. The molecule has 40 heavy (non-hydrogen) atoms. The van der Waals surface area contributed by atoms with E-state index in [1.165, 1.54) is 11.9 Å². The van der Waals surface area contributed by atoms with E-state index in [1.807, 2.05) is 16.8 Å². The normalized spacial score (nSPS) is 19.8. The monoisotopic (exact) mass is 551 g/mol. The van der Waals surface area contributed by atoms with E-state index < -0.39 is 18.8 Å². The predicted molar refractivity (Wildman–Crippen MR) is 142 cm³/mol. The van der Waals surface area contributed by atoms with Gasteiger partial charge in [0.2, 0.25) is 12.1 Å². The summed E-state index contributed by atoms with van der Waals surface area (Å²) in [5, 5.41) is 24.0. The fourth-order valence-electron chi connectivity index (χ4n) is 5.48. The summed E-state index contributed by atoms with van der Waals surface area (Å²) >= 11 is 0. The van der Waals surface area contributed by atoms with Crippen molar-refractivity contribution < 1.29 is 17.9 Å². The molecule has 1 atom stereocenters. The van der Waals surface area contributed by atoms with Crippen LogP contribution in [0.15, 0.2) is 52.1 Å². The van der Waals surface area contributed by atoms with Gasteiger partial charge in [0.05, 0.1) is 19.1 Å². The van der Waals surface area contributed by atoms with E-state index in [2.05, 4.69) is 60.8 Å². The second kappa shape index (κ2) is 10.3. The molecule has 0 saturated carbocycles. The minimum absolute atomic E-state index is 0.138. The molecule has 2 aromatic heterocycles. The molecule has 10 nitrogen and oxygen atoms in total.